The predicted molar refractivity (Wildman–Crippen MR) is 101 cm³/mol. The molecule has 0 bridgehead atoms. The molecule has 2 aromatic carbocycles. The molecule has 0 aliphatic carbocycles. The topological polar surface area (TPSA) is 68.5 Å². The number of carbonyl (C=O) groups is 2. The Bertz CT molecular complexity index is 972. The highest BCUT2D eigenvalue weighted by Gasteiger charge is 2.22. The summed E-state index contributed by atoms with van der Waals surface area (Å²) >= 11 is 5.93. The van der Waals surface area contributed by atoms with Gasteiger partial charge in [0.2, 0.25) is 5.76 Å². The second-order valence-corrected chi connectivity index (χ2v) is 6.53. The Morgan fingerprint density at radius 3 is 2.50 bits per heavy atom. The predicted octanol–water partition coefficient (Wildman–Crippen LogP) is 4.89. The van der Waals surface area contributed by atoms with Gasteiger partial charge in [-0.05, 0) is 56.2 Å². The summed E-state index contributed by atoms with van der Waals surface area (Å²) in [5.41, 5.74) is 3.12. The van der Waals surface area contributed by atoms with Crippen molar-refractivity contribution < 1.29 is 18.7 Å². The van der Waals surface area contributed by atoms with Gasteiger partial charge in [-0.2, -0.15) is 0 Å². The quantitative estimate of drug-likeness (QED) is 0.663. The first kappa shape index (κ1) is 18.0. The molecule has 1 heterocycles. The molecular formula is C20H18ClNO4. The van der Waals surface area contributed by atoms with Gasteiger partial charge in [-0.15, -0.1) is 0 Å². The molecule has 0 aliphatic heterocycles. The van der Waals surface area contributed by atoms with E-state index in [1.165, 1.54) is 6.92 Å². The Morgan fingerprint density at radius 2 is 1.81 bits per heavy atom. The maximum absolute atomic E-state index is 12.4. The number of rotatable bonds is 4. The summed E-state index contributed by atoms with van der Waals surface area (Å²) in [4.78, 5) is 24.6. The average Bonchev–Trinajstić information content (AvgIpc) is 3.01. The lowest BCUT2D eigenvalue weighted by atomic mass is 10.1. The Hall–Kier alpha value is -2.79. The maximum Gasteiger partial charge on any atom is 0.375 e. The molecule has 3 rings (SSSR count). The summed E-state index contributed by atoms with van der Waals surface area (Å²) in [5.74, 6) is -1.09. The van der Waals surface area contributed by atoms with Crippen LogP contribution in [0.5, 0.6) is 0 Å². The number of benzene rings is 2. The van der Waals surface area contributed by atoms with E-state index in [1.807, 2.05) is 32.0 Å². The number of anilines is 1. The summed E-state index contributed by atoms with van der Waals surface area (Å²) in [6, 6.07) is 12.3. The molecule has 0 aliphatic rings. The monoisotopic (exact) mass is 371 g/mol. The molecule has 5 nitrogen and oxygen atoms in total. The van der Waals surface area contributed by atoms with E-state index in [2.05, 4.69) is 5.32 Å². The Kier molecular flexibility index (Phi) is 5.00. The second kappa shape index (κ2) is 7.22. The molecular weight excluding hydrogens is 354 g/mol. The van der Waals surface area contributed by atoms with Gasteiger partial charge < -0.3 is 14.5 Å². The lowest BCUT2D eigenvalue weighted by Gasteiger charge is -2.15. The molecule has 1 atom stereocenters. The SMILES string of the molecule is Cc1cccc(C)c1NC(=O)[C@@H](C)OC(=O)c1cc2cc(Cl)ccc2o1. The number of carbonyl (C=O) groups excluding carboxylic acids is 2. The number of aryl methyl sites for hydroxylation is 2. The van der Waals surface area contributed by atoms with Gasteiger partial charge in [0.05, 0.1) is 0 Å². The maximum atomic E-state index is 12.4. The zero-order valence-electron chi connectivity index (χ0n) is 14.6. The number of hydrogen-bond donors (Lipinski definition) is 1. The van der Waals surface area contributed by atoms with Crippen molar-refractivity contribution in [3.8, 4) is 0 Å². The number of para-hydroxylation sites is 1. The molecule has 0 radical (unpaired) electrons. The number of amides is 1. The summed E-state index contributed by atoms with van der Waals surface area (Å²) in [6.45, 7) is 5.32. The Labute approximate surface area is 155 Å². The van der Waals surface area contributed by atoms with E-state index in [0.717, 1.165) is 16.8 Å². The van der Waals surface area contributed by atoms with Crippen LogP contribution in [0.1, 0.15) is 28.6 Å². The number of hydrogen-bond acceptors (Lipinski definition) is 4. The lowest BCUT2D eigenvalue weighted by Crippen LogP contribution is -2.30. The normalized spacial score (nSPS) is 12.0. The van der Waals surface area contributed by atoms with E-state index in [1.54, 1.807) is 24.3 Å². The molecule has 6 heteroatoms. The van der Waals surface area contributed by atoms with Crippen molar-refractivity contribution in [1.82, 2.24) is 0 Å². The number of halogens is 1. The molecule has 26 heavy (non-hydrogen) atoms. The fourth-order valence-electron chi connectivity index (χ4n) is 2.62. The number of fused-ring (bicyclic) bond motifs is 1. The second-order valence-electron chi connectivity index (χ2n) is 6.10. The van der Waals surface area contributed by atoms with E-state index >= 15 is 0 Å². The van der Waals surface area contributed by atoms with Crippen molar-refractivity contribution in [2.75, 3.05) is 5.32 Å². The van der Waals surface area contributed by atoms with Crippen molar-refractivity contribution in [3.63, 3.8) is 0 Å². The summed E-state index contributed by atoms with van der Waals surface area (Å²) in [6.07, 6.45) is -0.974. The molecule has 0 saturated heterocycles. The largest absolute Gasteiger partial charge is 0.449 e. The molecule has 0 unspecified atom stereocenters. The highest BCUT2D eigenvalue weighted by Crippen LogP contribution is 2.24. The van der Waals surface area contributed by atoms with E-state index in [0.29, 0.717) is 16.0 Å². The van der Waals surface area contributed by atoms with Crippen molar-refractivity contribution >= 4 is 40.1 Å². The van der Waals surface area contributed by atoms with Gasteiger partial charge in [-0.3, -0.25) is 4.79 Å². The average molecular weight is 372 g/mol. The van der Waals surface area contributed by atoms with E-state index in [4.69, 9.17) is 20.8 Å². The van der Waals surface area contributed by atoms with Gasteiger partial charge >= 0.3 is 5.97 Å². The van der Waals surface area contributed by atoms with Gasteiger partial charge in [0.1, 0.15) is 5.58 Å². The van der Waals surface area contributed by atoms with Crippen LogP contribution < -0.4 is 5.32 Å². The first-order chi connectivity index (χ1) is 12.3. The molecule has 1 aromatic heterocycles. The minimum absolute atomic E-state index is 0.0222. The molecule has 0 fully saturated rings. The third kappa shape index (κ3) is 3.73. The number of esters is 1. The highest BCUT2D eigenvalue weighted by atomic mass is 35.5. The highest BCUT2D eigenvalue weighted by molar-refractivity contribution is 6.31. The standard InChI is InChI=1S/C20H18ClNO4/c1-11-5-4-6-12(2)18(11)22-19(23)13(3)25-20(24)17-10-14-9-15(21)7-8-16(14)26-17/h4-10,13H,1-3H3,(H,22,23)/t13-/m1/s1. The smallest absolute Gasteiger partial charge is 0.375 e. The summed E-state index contributed by atoms with van der Waals surface area (Å²) in [7, 11) is 0. The van der Waals surface area contributed by atoms with Crippen molar-refractivity contribution in [3.05, 3.63) is 64.4 Å². The van der Waals surface area contributed by atoms with Crippen molar-refractivity contribution in [2.45, 2.75) is 26.9 Å². The van der Waals surface area contributed by atoms with Crippen LogP contribution in [-0.2, 0) is 9.53 Å². The minimum Gasteiger partial charge on any atom is -0.449 e. The third-order valence-electron chi connectivity index (χ3n) is 4.06. The third-order valence-corrected chi connectivity index (χ3v) is 4.30. The van der Waals surface area contributed by atoms with Crippen LogP contribution in [0.4, 0.5) is 5.69 Å². The zero-order chi connectivity index (χ0) is 18.8. The van der Waals surface area contributed by atoms with Gasteiger partial charge in [0, 0.05) is 16.1 Å². The summed E-state index contributed by atoms with van der Waals surface area (Å²) < 4.78 is 10.7. The lowest BCUT2D eigenvalue weighted by molar-refractivity contribution is -0.123. The molecule has 1 amide bonds. The Morgan fingerprint density at radius 1 is 1.12 bits per heavy atom. The fourth-order valence-corrected chi connectivity index (χ4v) is 2.80. The molecule has 0 spiro atoms. The fraction of sp³-hybridized carbons (Fsp3) is 0.200. The van der Waals surface area contributed by atoms with Crippen molar-refractivity contribution in [2.24, 2.45) is 0 Å². The van der Waals surface area contributed by atoms with Crippen LogP contribution in [-0.4, -0.2) is 18.0 Å². The first-order valence-electron chi connectivity index (χ1n) is 8.12. The minimum atomic E-state index is -0.974. The van der Waals surface area contributed by atoms with E-state index in [9.17, 15) is 9.59 Å². The van der Waals surface area contributed by atoms with E-state index in [-0.39, 0.29) is 5.76 Å². The van der Waals surface area contributed by atoms with Crippen LogP contribution in [0, 0.1) is 13.8 Å². The van der Waals surface area contributed by atoms with Crippen LogP contribution >= 0.6 is 11.6 Å². The molecule has 134 valence electrons. The van der Waals surface area contributed by atoms with Gasteiger partial charge in [0.25, 0.3) is 5.91 Å². The van der Waals surface area contributed by atoms with Crippen molar-refractivity contribution in [1.29, 1.82) is 0 Å². The van der Waals surface area contributed by atoms with Crippen LogP contribution in [0.2, 0.25) is 5.02 Å². The van der Waals surface area contributed by atoms with Gasteiger partial charge in [-0.25, -0.2) is 4.79 Å². The van der Waals surface area contributed by atoms with Crippen LogP contribution in [0.25, 0.3) is 11.0 Å². The van der Waals surface area contributed by atoms with Gasteiger partial charge in [0.15, 0.2) is 6.10 Å². The molecule has 3 aromatic rings. The first-order valence-corrected chi connectivity index (χ1v) is 8.50. The number of furan rings is 1. The molecule has 1 N–H and O–H groups in total. The van der Waals surface area contributed by atoms with Crippen LogP contribution in [0.3, 0.4) is 0 Å². The van der Waals surface area contributed by atoms with Crippen LogP contribution in [0.15, 0.2) is 46.9 Å². The zero-order valence-corrected chi connectivity index (χ0v) is 15.4. The van der Waals surface area contributed by atoms with E-state index < -0.39 is 18.0 Å². The number of nitrogens with one attached hydrogen (secondary N) is 1. The van der Waals surface area contributed by atoms with Gasteiger partial charge in [-0.1, -0.05) is 29.8 Å². The summed E-state index contributed by atoms with van der Waals surface area (Å²) in [5, 5.41) is 4.04. The Balaban J connectivity index is 1.70. The number of ether oxygens (including phenoxy) is 1. The molecule has 0 saturated carbocycles.